The topological polar surface area (TPSA) is 56.7 Å². The summed E-state index contributed by atoms with van der Waals surface area (Å²) in [6, 6.07) is 0.277. The Morgan fingerprint density at radius 3 is 2.45 bits per heavy atom. The first-order valence-corrected chi connectivity index (χ1v) is 8.36. The van der Waals surface area contributed by atoms with Crippen molar-refractivity contribution in [3.05, 3.63) is 12.2 Å². The van der Waals surface area contributed by atoms with Gasteiger partial charge in [-0.2, -0.15) is 0 Å². The molecule has 4 fully saturated rings. The number of aromatic nitrogens is 3. The van der Waals surface area contributed by atoms with E-state index in [4.69, 9.17) is 5.73 Å². The molecule has 1 aromatic heterocycles. The van der Waals surface area contributed by atoms with Gasteiger partial charge in [-0.1, -0.05) is 0 Å². The maximum Gasteiger partial charge on any atom is 0.134 e. The van der Waals surface area contributed by atoms with Crippen molar-refractivity contribution in [3.63, 3.8) is 0 Å². The molecule has 0 saturated heterocycles. The highest BCUT2D eigenvalue weighted by atomic mass is 15.3. The molecule has 0 spiro atoms. The first-order chi connectivity index (χ1) is 9.74. The molecule has 4 saturated carbocycles. The second-order valence-electron chi connectivity index (χ2n) is 7.41. The minimum atomic E-state index is 0.277. The van der Waals surface area contributed by atoms with Crippen LogP contribution in [0.3, 0.4) is 0 Å². The molecule has 20 heavy (non-hydrogen) atoms. The Labute approximate surface area is 121 Å². The lowest BCUT2D eigenvalue weighted by Gasteiger charge is -2.56. The fourth-order valence-corrected chi connectivity index (χ4v) is 5.71. The molecule has 4 heteroatoms. The molecule has 4 nitrogen and oxygen atoms in total. The standard InChI is InChI=1S/C16H26N4/c1-2-20-9-18-19-15(20)8-14(17)16-12-4-10-3-11(6-12)7-13(16)5-10/h9-14,16H,2-8,17H2,1H3. The fourth-order valence-electron chi connectivity index (χ4n) is 5.71. The number of rotatable bonds is 4. The summed E-state index contributed by atoms with van der Waals surface area (Å²) in [6.07, 6.45) is 10.0. The minimum Gasteiger partial charge on any atom is -0.327 e. The van der Waals surface area contributed by atoms with E-state index in [1.54, 1.807) is 0 Å². The number of nitrogens with zero attached hydrogens (tertiary/aromatic N) is 3. The summed E-state index contributed by atoms with van der Waals surface area (Å²) in [7, 11) is 0. The van der Waals surface area contributed by atoms with E-state index in [0.29, 0.717) is 0 Å². The molecule has 0 radical (unpaired) electrons. The molecular formula is C16H26N4. The van der Waals surface area contributed by atoms with Crippen LogP contribution in [-0.4, -0.2) is 20.8 Å². The Morgan fingerprint density at radius 1 is 1.20 bits per heavy atom. The van der Waals surface area contributed by atoms with Crippen molar-refractivity contribution in [3.8, 4) is 0 Å². The van der Waals surface area contributed by atoms with Crippen molar-refractivity contribution in [2.45, 2.75) is 58.0 Å². The molecule has 5 rings (SSSR count). The van der Waals surface area contributed by atoms with Crippen LogP contribution in [0.5, 0.6) is 0 Å². The molecule has 1 heterocycles. The third kappa shape index (κ3) is 2.00. The quantitative estimate of drug-likeness (QED) is 0.916. The van der Waals surface area contributed by atoms with Crippen LogP contribution in [0.25, 0.3) is 0 Å². The van der Waals surface area contributed by atoms with Crippen LogP contribution < -0.4 is 5.73 Å². The Hall–Kier alpha value is -0.900. The largest absolute Gasteiger partial charge is 0.327 e. The van der Waals surface area contributed by atoms with E-state index in [9.17, 15) is 0 Å². The summed E-state index contributed by atoms with van der Waals surface area (Å²) in [5, 5.41) is 8.31. The molecule has 4 aliphatic rings. The van der Waals surface area contributed by atoms with E-state index in [-0.39, 0.29) is 6.04 Å². The van der Waals surface area contributed by atoms with E-state index >= 15 is 0 Å². The van der Waals surface area contributed by atoms with Gasteiger partial charge in [0, 0.05) is 19.0 Å². The molecular weight excluding hydrogens is 248 g/mol. The van der Waals surface area contributed by atoms with Crippen LogP contribution in [0.15, 0.2) is 6.33 Å². The molecule has 4 bridgehead atoms. The van der Waals surface area contributed by atoms with Gasteiger partial charge in [0.1, 0.15) is 12.2 Å². The SMILES string of the molecule is CCn1cnnc1CC(N)C1C2CC3CC(C2)CC1C3. The van der Waals surface area contributed by atoms with Gasteiger partial charge in [0.05, 0.1) is 0 Å². The number of nitrogens with two attached hydrogens (primary N) is 1. The predicted molar refractivity (Wildman–Crippen MR) is 77.9 cm³/mol. The van der Waals surface area contributed by atoms with Gasteiger partial charge in [0.25, 0.3) is 0 Å². The van der Waals surface area contributed by atoms with Gasteiger partial charge in [-0.25, -0.2) is 0 Å². The summed E-state index contributed by atoms with van der Waals surface area (Å²) in [5.41, 5.74) is 6.63. The lowest BCUT2D eigenvalue weighted by atomic mass is 9.50. The van der Waals surface area contributed by atoms with Crippen LogP contribution in [-0.2, 0) is 13.0 Å². The van der Waals surface area contributed by atoms with E-state index < -0.39 is 0 Å². The summed E-state index contributed by atoms with van der Waals surface area (Å²) in [4.78, 5) is 0. The van der Waals surface area contributed by atoms with Crippen molar-refractivity contribution in [1.82, 2.24) is 14.8 Å². The number of hydrogen-bond donors (Lipinski definition) is 1. The van der Waals surface area contributed by atoms with Crippen LogP contribution in [0.1, 0.15) is 44.9 Å². The normalized spacial score (nSPS) is 40.2. The highest BCUT2D eigenvalue weighted by molar-refractivity contribution is 5.03. The van der Waals surface area contributed by atoms with E-state index in [0.717, 1.165) is 48.4 Å². The van der Waals surface area contributed by atoms with E-state index in [2.05, 4.69) is 21.7 Å². The maximum atomic E-state index is 6.63. The Kier molecular flexibility index (Phi) is 3.09. The smallest absolute Gasteiger partial charge is 0.134 e. The van der Waals surface area contributed by atoms with Gasteiger partial charge >= 0.3 is 0 Å². The van der Waals surface area contributed by atoms with Gasteiger partial charge in [0.2, 0.25) is 0 Å². The maximum absolute atomic E-state index is 6.63. The molecule has 2 N–H and O–H groups in total. The summed E-state index contributed by atoms with van der Waals surface area (Å²) in [5.74, 6) is 5.68. The third-order valence-electron chi connectivity index (χ3n) is 6.25. The van der Waals surface area contributed by atoms with Gasteiger partial charge in [-0.05, 0) is 68.6 Å². The highest BCUT2D eigenvalue weighted by Gasteiger charge is 2.49. The van der Waals surface area contributed by atoms with Crippen molar-refractivity contribution < 1.29 is 0 Å². The molecule has 0 amide bonds. The van der Waals surface area contributed by atoms with Crippen molar-refractivity contribution in [2.24, 2.45) is 35.3 Å². The highest BCUT2D eigenvalue weighted by Crippen LogP contribution is 2.57. The average molecular weight is 274 g/mol. The Bertz CT molecular complexity index is 453. The summed E-state index contributed by atoms with van der Waals surface area (Å²) < 4.78 is 2.13. The van der Waals surface area contributed by atoms with Crippen LogP contribution in [0.2, 0.25) is 0 Å². The first kappa shape index (κ1) is 12.8. The molecule has 0 aliphatic heterocycles. The van der Waals surface area contributed by atoms with Gasteiger partial charge in [-0.3, -0.25) is 0 Å². The summed E-state index contributed by atoms with van der Waals surface area (Å²) in [6.45, 7) is 3.08. The number of hydrogen-bond acceptors (Lipinski definition) is 3. The van der Waals surface area contributed by atoms with Gasteiger partial charge in [0.15, 0.2) is 0 Å². The second-order valence-corrected chi connectivity index (χ2v) is 7.41. The molecule has 1 aromatic rings. The fraction of sp³-hybridized carbons (Fsp3) is 0.875. The van der Waals surface area contributed by atoms with Gasteiger partial charge < -0.3 is 10.3 Å². The molecule has 1 unspecified atom stereocenters. The predicted octanol–water partition coefficient (Wildman–Crippen LogP) is 2.24. The Balaban J connectivity index is 1.50. The van der Waals surface area contributed by atoms with Crippen LogP contribution in [0, 0.1) is 29.6 Å². The first-order valence-electron chi connectivity index (χ1n) is 8.36. The van der Waals surface area contributed by atoms with Gasteiger partial charge in [-0.15, -0.1) is 10.2 Å². The average Bonchev–Trinajstić information content (AvgIpc) is 2.84. The van der Waals surface area contributed by atoms with Crippen molar-refractivity contribution in [2.75, 3.05) is 0 Å². The second kappa shape index (κ2) is 4.83. The lowest BCUT2D eigenvalue weighted by Crippen LogP contribution is -2.52. The lowest BCUT2D eigenvalue weighted by molar-refractivity contribution is -0.0467. The third-order valence-corrected chi connectivity index (χ3v) is 6.25. The molecule has 1 atom stereocenters. The minimum absolute atomic E-state index is 0.277. The van der Waals surface area contributed by atoms with E-state index in [1.807, 2.05) is 6.33 Å². The number of aryl methyl sites for hydroxylation is 1. The molecule has 0 aromatic carbocycles. The van der Waals surface area contributed by atoms with Crippen molar-refractivity contribution in [1.29, 1.82) is 0 Å². The van der Waals surface area contributed by atoms with E-state index in [1.165, 1.54) is 32.1 Å². The summed E-state index contributed by atoms with van der Waals surface area (Å²) >= 11 is 0. The van der Waals surface area contributed by atoms with Crippen LogP contribution >= 0.6 is 0 Å². The molecule has 4 aliphatic carbocycles. The van der Waals surface area contributed by atoms with Crippen molar-refractivity contribution >= 4 is 0 Å². The Morgan fingerprint density at radius 2 is 1.85 bits per heavy atom. The van der Waals surface area contributed by atoms with Crippen LogP contribution in [0.4, 0.5) is 0 Å². The molecule has 110 valence electrons. The zero-order valence-corrected chi connectivity index (χ0v) is 12.4. The monoisotopic (exact) mass is 274 g/mol. The zero-order valence-electron chi connectivity index (χ0n) is 12.4. The zero-order chi connectivity index (χ0) is 13.7.